The van der Waals surface area contributed by atoms with Crippen LogP contribution in [0.4, 0.5) is 4.79 Å². The second kappa shape index (κ2) is 11.5. The van der Waals surface area contributed by atoms with E-state index in [1.165, 1.54) is 6.08 Å². The second-order valence-electron chi connectivity index (χ2n) is 7.21. The lowest BCUT2D eigenvalue weighted by atomic mass is 10.1. The molecule has 2 aromatic carbocycles. The van der Waals surface area contributed by atoms with Crippen molar-refractivity contribution in [1.29, 1.82) is 0 Å². The fraction of sp³-hybridized carbons (Fsp3) is 0.292. The van der Waals surface area contributed by atoms with E-state index in [-0.39, 0.29) is 12.1 Å². The Labute approximate surface area is 209 Å². The van der Waals surface area contributed by atoms with Gasteiger partial charge in [0.25, 0.3) is 11.8 Å². The number of rotatable bonds is 9. The van der Waals surface area contributed by atoms with Crippen LogP contribution in [0.15, 0.2) is 50.9 Å². The molecule has 1 N–H and O–H groups in total. The summed E-state index contributed by atoms with van der Waals surface area (Å²) < 4.78 is 12.7. The molecule has 0 radical (unpaired) electrons. The number of ether oxygens (including phenoxy) is 2. The topological polar surface area (TPSA) is 84.9 Å². The molecule has 2 aromatic rings. The van der Waals surface area contributed by atoms with Crippen LogP contribution in [0.25, 0.3) is 6.08 Å². The quantitative estimate of drug-likeness (QED) is 0.330. The number of amides is 4. The fourth-order valence-electron chi connectivity index (χ4n) is 3.25. The molecule has 3 rings (SSSR count). The van der Waals surface area contributed by atoms with E-state index in [0.717, 1.165) is 16.9 Å². The van der Waals surface area contributed by atoms with E-state index in [1.807, 2.05) is 44.2 Å². The van der Waals surface area contributed by atoms with Crippen molar-refractivity contribution in [1.82, 2.24) is 10.2 Å². The zero-order valence-electron chi connectivity index (χ0n) is 18.3. The Morgan fingerprint density at radius 3 is 2.42 bits per heavy atom. The average molecular weight is 580 g/mol. The number of nitrogens with one attached hydrogen (secondary N) is 1. The van der Waals surface area contributed by atoms with Crippen LogP contribution in [0.5, 0.6) is 11.5 Å². The summed E-state index contributed by atoms with van der Waals surface area (Å²) in [6.45, 7) is 4.92. The molecule has 9 heteroatoms. The minimum Gasteiger partial charge on any atom is -0.490 e. The molecular formula is C24H24Br2N2O5. The first-order valence-electron chi connectivity index (χ1n) is 10.6. The van der Waals surface area contributed by atoms with E-state index in [1.54, 1.807) is 6.07 Å². The number of urea groups is 1. The monoisotopic (exact) mass is 578 g/mol. The average Bonchev–Trinajstić information content (AvgIpc) is 2.80. The largest absolute Gasteiger partial charge is 0.490 e. The number of hydrogen-bond acceptors (Lipinski definition) is 5. The van der Waals surface area contributed by atoms with Crippen LogP contribution in [0.3, 0.4) is 0 Å². The normalized spacial score (nSPS) is 15.1. The molecule has 0 aliphatic carbocycles. The molecule has 0 bridgehead atoms. The molecule has 1 fully saturated rings. The van der Waals surface area contributed by atoms with Gasteiger partial charge in [-0.1, -0.05) is 37.3 Å². The van der Waals surface area contributed by atoms with Crippen LogP contribution in [0, 0.1) is 0 Å². The van der Waals surface area contributed by atoms with Crippen molar-refractivity contribution in [2.45, 2.75) is 26.7 Å². The lowest BCUT2D eigenvalue weighted by Crippen LogP contribution is -2.54. The summed E-state index contributed by atoms with van der Waals surface area (Å²) >= 11 is 7.03. The van der Waals surface area contributed by atoms with Gasteiger partial charge in [-0.2, -0.15) is 0 Å². The summed E-state index contributed by atoms with van der Waals surface area (Å²) in [5, 5.41) is 2.26. The molecule has 1 aliphatic heterocycles. The Morgan fingerprint density at radius 2 is 1.76 bits per heavy atom. The number of imide groups is 2. The van der Waals surface area contributed by atoms with E-state index < -0.39 is 17.8 Å². The van der Waals surface area contributed by atoms with E-state index in [4.69, 9.17) is 9.47 Å². The molecule has 0 unspecified atom stereocenters. The van der Waals surface area contributed by atoms with Crippen molar-refractivity contribution >= 4 is 55.8 Å². The molecule has 0 spiro atoms. The third-order valence-electron chi connectivity index (χ3n) is 4.86. The summed E-state index contributed by atoms with van der Waals surface area (Å²) in [7, 11) is 0. The number of nitrogens with zero attached hydrogens (tertiary/aromatic N) is 1. The third-order valence-corrected chi connectivity index (χ3v) is 7.00. The van der Waals surface area contributed by atoms with Crippen LogP contribution in [0.1, 0.15) is 31.4 Å². The zero-order chi connectivity index (χ0) is 24.0. The van der Waals surface area contributed by atoms with Gasteiger partial charge in [0.05, 0.1) is 17.7 Å². The van der Waals surface area contributed by atoms with Crippen molar-refractivity contribution in [2.24, 2.45) is 0 Å². The summed E-state index contributed by atoms with van der Waals surface area (Å²) in [6.07, 6.45) is 2.75. The molecule has 1 saturated heterocycles. The van der Waals surface area contributed by atoms with Gasteiger partial charge in [-0.25, -0.2) is 4.79 Å². The summed E-state index contributed by atoms with van der Waals surface area (Å²) in [5.74, 6) is -0.374. The Hall–Kier alpha value is -2.65. The minimum atomic E-state index is -0.742. The molecular weight excluding hydrogens is 556 g/mol. The SMILES string of the molecule is CCCOc1c(OCC)cc(/C=C2/C(=O)NC(=O)N(CCc3ccccc3)C2=O)c(Br)c1Br. The van der Waals surface area contributed by atoms with E-state index in [2.05, 4.69) is 37.2 Å². The molecule has 0 saturated carbocycles. The molecule has 174 valence electrons. The van der Waals surface area contributed by atoms with Gasteiger partial charge < -0.3 is 9.47 Å². The number of barbiturate groups is 1. The first-order chi connectivity index (χ1) is 15.9. The summed E-state index contributed by atoms with van der Waals surface area (Å²) in [4.78, 5) is 39.0. The molecule has 4 amide bonds. The molecule has 0 aromatic heterocycles. The van der Waals surface area contributed by atoms with Crippen molar-refractivity contribution in [3.8, 4) is 11.5 Å². The van der Waals surface area contributed by atoms with E-state index >= 15 is 0 Å². The van der Waals surface area contributed by atoms with Gasteiger partial charge in [-0.05, 0) is 74.9 Å². The van der Waals surface area contributed by atoms with Gasteiger partial charge in [-0.15, -0.1) is 0 Å². The van der Waals surface area contributed by atoms with Gasteiger partial charge in [0.1, 0.15) is 5.57 Å². The van der Waals surface area contributed by atoms with Gasteiger partial charge in [0.2, 0.25) is 0 Å². The van der Waals surface area contributed by atoms with E-state index in [0.29, 0.717) is 45.6 Å². The van der Waals surface area contributed by atoms with Crippen LogP contribution in [-0.2, 0) is 16.0 Å². The van der Waals surface area contributed by atoms with Gasteiger partial charge in [-0.3, -0.25) is 19.8 Å². The van der Waals surface area contributed by atoms with Gasteiger partial charge in [0, 0.05) is 11.0 Å². The number of benzene rings is 2. The minimum absolute atomic E-state index is 0.139. The molecule has 7 nitrogen and oxygen atoms in total. The highest BCUT2D eigenvalue weighted by atomic mass is 79.9. The molecule has 33 heavy (non-hydrogen) atoms. The number of halogens is 2. The maximum atomic E-state index is 13.1. The van der Waals surface area contributed by atoms with Crippen LogP contribution in [0.2, 0.25) is 0 Å². The van der Waals surface area contributed by atoms with Crippen molar-refractivity contribution < 1.29 is 23.9 Å². The summed E-state index contributed by atoms with van der Waals surface area (Å²) in [5.41, 5.74) is 1.38. The number of carbonyl (C=O) groups excluding carboxylic acids is 3. The smallest absolute Gasteiger partial charge is 0.331 e. The Balaban J connectivity index is 1.93. The number of carbonyl (C=O) groups is 3. The fourth-order valence-corrected chi connectivity index (χ4v) is 4.20. The number of hydrogen-bond donors (Lipinski definition) is 1. The highest BCUT2D eigenvalue weighted by molar-refractivity contribution is 9.13. The zero-order valence-corrected chi connectivity index (χ0v) is 21.5. The van der Waals surface area contributed by atoms with Gasteiger partial charge in [0.15, 0.2) is 11.5 Å². The molecule has 1 heterocycles. The predicted octanol–water partition coefficient (Wildman–Crippen LogP) is 5.10. The van der Waals surface area contributed by atoms with E-state index in [9.17, 15) is 14.4 Å². The highest BCUT2D eigenvalue weighted by Crippen LogP contribution is 2.43. The lowest BCUT2D eigenvalue weighted by Gasteiger charge is -2.26. The maximum absolute atomic E-state index is 13.1. The van der Waals surface area contributed by atoms with Crippen LogP contribution >= 0.6 is 31.9 Å². The third kappa shape index (κ3) is 5.83. The summed E-state index contributed by atoms with van der Waals surface area (Å²) in [6, 6.07) is 10.5. The van der Waals surface area contributed by atoms with Crippen molar-refractivity contribution in [3.63, 3.8) is 0 Å². The van der Waals surface area contributed by atoms with Crippen molar-refractivity contribution in [3.05, 3.63) is 62.0 Å². The Bertz CT molecular complexity index is 1090. The predicted molar refractivity (Wildman–Crippen MR) is 132 cm³/mol. The molecule has 1 aliphatic rings. The lowest BCUT2D eigenvalue weighted by molar-refractivity contribution is -0.130. The molecule has 0 atom stereocenters. The van der Waals surface area contributed by atoms with Gasteiger partial charge >= 0.3 is 6.03 Å². The first-order valence-corrected chi connectivity index (χ1v) is 12.2. The highest BCUT2D eigenvalue weighted by Gasteiger charge is 2.35. The first kappa shape index (κ1) is 25.0. The second-order valence-corrected chi connectivity index (χ2v) is 8.80. The maximum Gasteiger partial charge on any atom is 0.331 e. The Kier molecular flexibility index (Phi) is 8.68. The standard InChI is InChI=1S/C24H24Br2N2O5/c1-3-12-33-21-18(32-4-2)14-16(19(25)20(21)26)13-17-22(29)27-24(31)28(23(17)30)11-10-15-8-6-5-7-9-15/h5-9,13-14H,3-4,10-12H2,1-2H3,(H,27,29,31)/b17-13-. The van der Waals surface area contributed by atoms with Crippen LogP contribution in [-0.4, -0.2) is 42.5 Å². The van der Waals surface area contributed by atoms with Crippen molar-refractivity contribution in [2.75, 3.05) is 19.8 Å². The Morgan fingerprint density at radius 1 is 1.03 bits per heavy atom. The van der Waals surface area contributed by atoms with Crippen LogP contribution < -0.4 is 14.8 Å².